The molecule has 0 fully saturated rings. The quantitative estimate of drug-likeness (QED) is 0.453. The van der Waals surface area contributed by atoms with Gasteiger partial charge in [-0.2, -0.15) is 0 Å². The topological polar surface area (TPSA) is 0 Å². The first-order chi connectivity index (χ1) is 13.6. The van der Waals surface area contributed by atoms with Crippen LogP contribution in [0.25, 0.3) is 11.1 Å². The molecule has 0 heterocycles. The first-order valence-electron chi connectivity index (χ1n) is 11.4. The summed E-state index contributed by atoms with van der Waals surface area (Å²) in [6, 6.07) is 17.3. The van der Waals surface area contributed by atoms with Crippen molar-refractivity contribution >= 4 is 11.1 Å². The van der Waals surface area contributed by atoms with Crippen LogP contribution < -0.4 is 0 Å². The fourth-order valence-corrected chi connectivity index (χ4v) is 2.59. The third-order valence-corrected chi connectivity index (χ3v) is 3.91. The third kappa shape index (κ3) is 13.1. The van der Waals surface area contributed by atoms with Crippen LogP contribution in [0.1, 0.15) is 98.4 Å². The van der Waals surface area contributed by atoms with Gasteiger partial charge in [-0.1, -0.05) is 111 Å². The molecule has 2 rings (SSSR count). The molecule has 0 bridgehead atoms. The highest BCUT2D eigenvalue weighted by molar-refractivity contribution is 5.90. The lowest BCUT2D eigenvalue weighted by Crippen LogP contribution is -1.93. The van der Waals surface area contributed by atoms with Gasteiger partial charge in [0.1, 0.15) is 0 Å². The third-order valence-electron chi connectivity index (χ3n) is 3.91. The van der Waals surface area contributed by atoms with Crippen LogP contribution in [0.5, 0.6) is 0 Å². The fourth-order valence-electron chi connectivity index (χ4n) is 2.59. The molecule has 0 heteroatoms. The van der Waals surface area contributed by atoms with E-state index in [2.05, 4.69) is 118 Å². The Bertz CT molecular complexity index is 675. The van der Waals surface area contributed by atoms with Crippen LogP contribution >= 0.6 is 0 Å². The number of hydrogen-bond acceptors (Lipinski definition) is 0. The van der Waals surface area contributed by atoms with Gasteiger partial charge in [0.05, 0.1) is 0 Å². The smallest absolute Gasteiger partial charge is 0.0192 e. The zero-order chi connectivity index (χ0) is 23.0. The van der Waals surface area contributed by atoms with E-state index in [4.69, 9.17) is 0 Å². The lowest BCUT2D eigenvalue weighted by Gasteiger charge is -2.14. The average Bonchev–Trinajstić information content (AvgIpc) is 2.68. The van der Waals surface area contributed by atoms with E-state index in [-0.39, 0.29) is 0 Å². The summed E-state index contributed by atoms with van der Waals surface area (Å²) in [6.45, 7) is 25.9. The molecule has 0 unspecified atom stereocenters. The van der Waals surface area contributed by atoms with Crippen LogP contribution in [0.15, 0.2) is 48.5 Å². The van der Waals surface area contributed by atoms with Crippen molar-refractivity contribution in [2.24, 2.45) is 11.8 Å². The zero-order valence-electron chi connectivity index (χ0n) is 21.5. The highest BCUT2D eigenvalue weighted by Gasteiger charge is 2.08. The maximum Gasteiger partial charge on any atom is -0.0192 e. The maximum atomic E-state index is 2.23. The Morgan fingerprint density at radius 3 is 1.41 bits per heavy atom. The summed E-state index contributed by atoms with van der Waals surface area (Å²) in [7, 11) is 0. The first kappa shape index (κ1) is 29.4. The SMILES string of the molecule is CC.CC(C)C.CC(C)C.CCc1ccccc1/C(C)=C(/C)c1ccccc1C. The van der Waals surface area contributed by atoms with Crippen LogP contribution in [0.3, 0.4) is 0 Å². The average molecular weight is 397 g/mol. The largest absolute Gasteiger partial charge is 0.0683 e. The molecular weight excluding hydrogens is 348 g/mol. The highest BCUT2D eigenvalue weighted by atomic mass is 14.1. The highest BCUT2D eigenvalue weighted by Crippen LogP contribution is 2.29. The minimum absolute atomic E-state index is 0.833. The van der Waals surface area contributed by atoms with E-state index in [0.29, 0.717) is 0 Å². The molecule has 164 valence electrons. The van der Waals surface area contributed by atoms with Crippen molar-refractivity contribution in [3.63, 3.8) is 0 Å². The van der Waals surface area contributed by atoms with Crippen molar-refractivity contribution in [3.05, 3.63) is 70.8 Å². The van der Waals surface area contributed by atoms with Crippen LogP contribution in [-0.4, -0.2) is 0 Å². The van der Waals surface area contributed by atoms with Crippen LogP contribution in [0.4, 0.5) is 0 Å². The van der Waals surface area contributed by atoms with Crippen LogP contribution in [0, 0.1) is 18.8 Å². The second-order valence-electron chi connectivity index (χ2n) is 8.54. The van der Waals surface area contributed by atoms with E-state index in [1.165, 1.54) is 33.4 Å². The monoisotopic (exact) mass is 396 g/mol. The van der Waals surface area contributed by atoms with Crippen LogP contribution in [0.2, 0.25) is 0 Å². The Morgan fingerprint density at radius 2 is 1.00 bits per heavy atom. The number of allylic oxidation sites excluding steroid dienone is 2. The number of benzene rings is 2. The van der Waals surface area contributed by atoms with E-state index in [0.717, 1.165) is 18.3 Å². The molecule has 0 aliphatic carbocycles. The minimum Gasteiger partial charge on any atom is -0.0683 e. The lowest BCUT2D eigenvalue weighted by atomic mass is 9.91. The fraction of sp³-hybridized carbons (Fsp3) is 0.517. The molecular formula is C29H48. The van der Waals surface area contributed by atoms with Gasteiger partial charge in [0, 0.05) is 0 Å². The lowest BCUT2D eigenvalue weighted by molar-refractivity contribution is 0.736. The summed E-state index contributed by atoms with van der Waals surface area (Å²) in [5.74, 6) is 1.67. The summed E-state index contributed by atoms with van der Waals surface area (Å²) in [4.78, 5) is 0. The molecule has 0 atom stereocenters. The second kappa shape index (κ2) is 17.1. The van der Waals surface area contributed by atoms with E-state index in [1.54, 1.807) is 0 Å². The molecule has 0 spiro atoms. The van der Waals surface area contributed by atoms with Crippen molar-refractivity contribution in [2.45, 2.75) is 89.5 Å². The van der Waals surface area contributed by atoms with E-state index >= 15 is 0 Å². The summed E-state index contributed by atoms with van der Waals surface area (Å²) in [5.41, 5.74) is 8.25. The summed E-state index contributed by atoms with van der Waals surface area (Å²) < 4.78 is 0. The molecule has 0 aliphatic rings. The van der Waals surface area contributed by atoms with Gasteiger partial charge in [-0.15, -0.1) is 0 Å². The number of rotatable bonds is 3. The molecule has 2 aromatic rings. The Kier molecular flexibility index (Phi) is 17.3. The zero-order valence-corrected chi connectivity index (χ0v) is 21.5. The normalized spacial score (nSPS) is 10.7. The van der Waals surface area contributed by atoms with Gasteiger partial charge in [-0.05, 0) is 72.4 Å². The molecule has 0 nitrogen and oxygen atoms in total. The second-order valence-corrected chi connectivity index (χ2v) is 8.54. The molecule has 0 radical (unpaired) electrons. The van der Waals surface area contributed by atoms with E-state index in [9.17, 15) is 0 Å². The van der Waals surface area contributed by atoms with E-state index < -0.39 is 0 Å². The van der Waals surface area contributed by atoms with Crippen molar-refractivity contribution in [3.8, 4) is 0 Å². The van der Waals surface area contributed by atoms with Crippen molar-refractivity contribution in [1.82, 2.24) is 0 Å². The molecule has 0 saturated carbocycles. The molecule has 0 N–H and O–H groups in total. The van der Waals surface area contributed by atoms with Gasteiger partial charge in [0.25, 0.3) is 0 Å². The summed E-state index contributed by atoms with van der Waals surface area (Å²) >= 11 is 0. The molecule has 2 aromatic carbocycles. The van der Waals surface area contributed by atoms with E-state index in [1.807, 2.05) is 13.8 Å². The standard InChI is InChI=1S/C19H22.2C4H10.C2H6/c1-5-17-11-7-9-13-19(17)16(4)15(3)18-12-8-6-10-14(18)2;2*1-4(2)3;1-2/h6-13H,5H2,1-4H3;2*4H,1-3H3;1-2H3/b16-15-;;;. The van der Waals surface area contributed by atoms with Gasteiger partial charge in [0.15, 0.2) is 0 Å². The Balaban J connectivity index is 0. The molecule has 0 aromatic heterocycles. The summed E-state index contributed by atoms with van der Waals surface area (Å²) in [5, 5.41) is 0. The molecule has 0 saturated heterocycles. The maximum absolute atomic E-state index is 2.23. The first-order valence-corrected chi connectivity index (χ1v) is 11.4. The molecule has 0 aliphatic heterocycles. The Labute approximate surface area is 183 Å². The molecule has 0 amide bonds. The predicted octanol–water partition coefficient (Wildman–Crippen LogP) is 9.86. The van der Waals surface area contributed by atoms with Crippen molar-refractivity contribution < 1.29 is 0 Å². The van der Waals surface area contributed by atoms with Gasteiger partial charge in [-0.25, -0.2) is 0 Å². The molecule has 29 heavy (non-hydrogen) atoms. The Morgan fingerprint density at radius 1 is 0.655 bits per heavy atom. The predicted molar refractivity (Wildman–Crippen MR) is 138 cm³/mol. The summed E-state index contributed by atoms with van der Waals surface area (Å²) in [6.07, 6.45) is 1.08. The Hall–Kier alpha value is -1.82. The van der Waals surface area contributed by atoms with Gasteiger partial charge in [0.2, 0.25) is 0 Å². The van der Waals surface area contributed by atoms with Gasteiger partial charge in [-0.3, -0.25) is 0 Å². The number of aryl methyl sites for hydroxylation is 2. The van der Waals surface area contributed by atoms with Crippen molar-refractivity contribution in [1.29, 1.82) is 0 Å². The van der Waals surface area contributed by atoms with Gasteiger partial charge < -0.3 is 0 Å². The minimum atomic E-state index is 0.833. The van der Waals surface area contributed by atoms with Crippen molar-refractivity contribution in [2.75, 3.05) is 0 Å². The van der Waals surface area contributed by atoms with Gasteiger partial charge >= 0.3 is 0 Å². The number of hydrogen-bond donors (Lipinski definition) is 0. The van der Waals surface area contributed by atoms with Crippen LogP contribution in [-0.2, 0) is 6.42 Å².